The van der Waals surface area contributed by atoms with Crippen LogP contribution in [0.3, 0.4) is 0 Å². The van der Waals surface area contributed by atoms with Crippen LogP contribution >= 0.6 is 0 Å². The van der Waals surface area contributed by atoms with Crippen molar-refractivity contribution < 1.29 is 13.9 Å². The summed E-state index contributed by atoms with van der Waals surface area (Å²) in [6, 6.07) is 3.03. The maximum absolute atomic E-state index is 13.0. The first kappa shape index (κ1) is 14.0. The van der Waals surface area contributed by atoms with Crippen molar-refractivity contribution in [2.24, 2.45) is 0 Å². The van der Waals surface area contributed by atoms with Crippen molar-refractivity contribution in [3.8, 4) is 5.88 Å². The molecule has 0 bridgehead atoms. The van der Waals surface area contributed by atoms with Crippen molar-refractivity contribution >= 4 is 0 Å². The molecule has 0 saturated carbocycles. The molecule has 0 aliphatic carbocycles. The van der Waals surface area contributed by atoms with Crippen molar-refractivity contribution in [1.82, 2.24) is 9.55 Å². The number of aryl methyl sites for hydroxylation is 1. The van der Waals surface area contributed by atoms with Crippen molar-refractivity contribution in [2.75, 3.05) is 0 Å². The van der Waals surface area contributed by atoms with E-state index in [-0.39, 0.29) is 18.5 Å². The molecule has 1 aromatic carbocycles. The van der Waals surface area contributed by atoms with Crippen LogP contribution in [0.5, 0.6) is 5.88 Å². The van der Waals surface area contributed by atoms with Gasteiger partial charge in [0.1, 0.15) is 11.6 Å². The van der Waals surface area contributed by atoms with Crippen molar-refractivity contribution in [1.29, 1.82) is 0 Å². The summed E-state index contributed by atoms with van der Waals surface area (Å²) in [6.45, 7) is 1.36. The van der Waals surface area contributed by atoms with Crippen LogP contribution in [0, 0.1) is 18.6 Å². The van der Waals surface area contributed by atoms with Crippen molar-refractivity contribution in [2.45, 2.75) is 19.9 Å². The van der Waals surface area contributed by atoms with E-state index in [0.717, 1.165) is 22.8 Å². The van der Waals surface area contributed by atoms with E-state index < -0.39 is 28.8 Å². The molecule has 0 spiro atoms. The molecule has 0 radical (unpaired) electrons. The first-order valence-corrected chi connectivity index (χ1v) is 5.86. The van der Waals surface area contributed by atoms with Gasteiger partial charge < -0.3 is 5.11 Å². The number of halogens is 2. The Bertz CT molecular complexity index is 745. The van der Waals surface area contributed by atoms with Crippen molar-refractivity contribution in [3.63, 3.8) is 0 Å². The predicted octanol–water partition coefficient (Wildman–Crippen LogP) is 1.07. The SMILES string of the molecule is Cc1c(O)n(CCc2cc(F)cc(F)c2)c(=O)[nH]c1=O. The van der Waals surface area contributed by atoms with Gasteiger partial charge in [-0.3, -0.25) is 14.3 Å². The minimum atomic E-state index is -0.769. The largest absolute Gasteiger partial charge is 0.494 e. The van der Waals surface area contributed by atoms with Crippen LogP contribution in [0.4, 0.5) is 8.78 Å². The Hall–Kier alpha value is -2.44. The van der Waals surface area contributed by atoms with E-state index in [1.165, 1.54) is 6.92 Å². The fourth-order valence-corrected chi connectivity index (χ4v) is 1.86. The molecule has 5 nitrogen and oxygen atoms in total. The normalized spacial score (nSPS) is 10.8. The average Bonchev–Trinajstić information content (AvgIpc) is 2.35. The fraction of sp³-hybridized carbons (Fsp3) is 0.231. The molecule has 2 aromatic rings. The summed E-state index contributed by atoms with van der Waals surface area (Å²) in [5.74, 6) is -1.88. The molecular weight excluding hydrogens is 270 g/mol. The zero-order chi connectivity index (χ0) is 14.9. The number of hydrogen-bond acceptors (Lipinski definition) is 3. The molecule has 0 unspecified atom stereocenters. The van der Waals surface area contributed by atoms with Crippen LogP contribution < -0.4 is 11.2 Å². The summed E-state index contributed by atoms with van der Waals surface area (Å²) in [4.78, 5) is 24.9. The molecule has 0 saturated heterocycles. The van der Waals surface area contributed by atoms with Crippen LogP contribution in [0.2, 0.25) is 0 Å². The number of hydrogen-bond donors (Lipinski definition) is 2. The lowest BCUT2D eigenvalue weighted by Gasteiger charge is -2.09. The highest BCUT2D eigenvalue weighted by atomic mass is 19.1. The van der Waals surface area contributed by atoms with Gasteiger partial charge in [-0.2, -0.15) is 0 Å². The minimum Gasteiger partial charge on any atom is -0.494 e. The maximum Gasteiger partial charge on any atom is 0.331 e. The third-order valence-electron chi connectivity index (χ3n) is 2.94. The van der Waals surface area contributed by atoms with Crippen LogP contribution in [0.1, 0.15) is 11.1 Å². The number of aromatic nitrogens is 2. The summed E-state index contributed by atoms with van der Waals surface area (Å²) in [6.07, 6.45) is 0.133. The molecule has 0 atom stereocenters. The lowest BCUT2D eigenvalue weighted by Crippen LogP contribution is -2.31. The number of nitrogens with one attached hydrogen (secondary N) is 1. The zero-order valence-corrected chi connectivity index (χ0v) is 10.6. The lowest BCUT2D eigenvalue weighted by molar-refractivity contribution is 0.395. The van der Waals surface area contributed by atoms with Gasteiger partial charge in [0, 0.05) is 12.6 Å². The first-order valence-electron chi connectivity index (χ1n) is 5.86. The lowest BCUT2D eigenvalue weighted by atomic mass is 10.1. The van der Waals surface area contributed by atoms with Gasteiger partial charge in [0.15, 0.2) is 0 Å². The first-order chi connectivity index (χ1) is 9.38. The van der Waals surface area contributed by atoms with E-state index >= 15 is 0 Å². The summed E-state index contributed by atoms with van der Waals surface area (Å²) >= 11 is 0. The summed E-state index contributed by atoms with van der Waals surface area (Å²) in [5, 5.41) is 9.74. The number of nitrogens with zero attached hydrogens (tertiary/aromatic N) is 1. The molecule has 1 aromatic heterocycles. The van der Waals surface area contributed by atoms with E-state index in [4.69, 9.17) is 0 Å². The van der Waals surface area contributed by atoms with E-state index in [9.17, 15) is 23.5 Å². The van der Waals surface area contributed by atoms with Crippen molar-refractivity contribution in [3.05, 3.63) is 61.8 Å². The van der Waals surface area contributed by atoms with Gasteiger partial charge in [-0.25, -0.2) is 13.6 Å². The zero-order valence-electron chi connectivity index (χ0n) is 10.6. The number of rotatable bonds is 3. The molecule has 2 N–H and O–H groups in total. The topological polar surface area (TPSA) is 75.1 Å². The van der Waals surface area contributed by atoms with E-state index in [2.05, 4.69) is 4.98 Å². The third kappa shape index (κ3) is 2.76. The second-order valence-corrected chi connectivity index (χ2v) is 4.39. The Morgan fingerprint density at radius 1 is 1.20 bits per heavy atom. The number of aromatic hydroxyl groups is 1. The Morgan fingerprint density at radius 3 is 2.40 bits per heavy atom. The Morgan fingerprint density at radius 2 is 1.80 bits per heavy atom. The summed E-state index contributed by atoms with van der Waals surface area (Å²) in [5.41, 5.74) is -1.08. The van der Waals surface area contributed by atoms with Gasteiger partial charge in [0.05, 0.1) is 5.56 Å². The van der Waals surface area contributed by atoms with Gasteiger partial charge >= 0.3 is 5.69 Å². The Kier molecular flexibility index (Phi) is 3.69. The average molecular weight is 282 g/mol. The molecule has 106 valence electrons. The minimum absolute atomic E-state index is 0.00875. The Labute approximate surface area is 112 Å². The van der Waals surface area contributed by atoms with Crippen LogP contribution in [0.25, 0.3) is 0 Å². The fourth-order valence-electron chi connectivity index (χ4n) is 1.86. The molecule has 0 fully saturated rings. The van der Waals surface area contributed by atoms with Gasteiger partial charge in [-0.15, -0.1) is 0 Å². The molecule has 2 rings (SSSR count). The second kappa shape index (κ2) is 5.28. The monoisotopic (exact) mass is 282 g/mol. The number of H-pyrrole nitrogens is 1. The van der Waals surface area contributed by atoms with Crippen LogP contribution in [-0.4, -0.2) is 14.7 Å². The van der Waals surface area contributed by atoms with Gasteiger partial charge in [-0.05, 0) is 31.0 Å². The standard InChI is InChI=1S/C13H12F2N2O3/c1-7-11(18)16-13(20)17(12(7)19)3-2-8-4-9(14)6-10(15)5-8/h4-6,19H,2-3H2,1H3,(H,16,18,20). The van der Waals surface area contributed by atoms with Gasteiger partial charge in [-0.1, -0.05) is 0 Å². The molecular formula is C13H12F2N2O3. The Balaban J connectivity index is 2.30. The quantitative estimate of drug-likeness (QED) is 0.884. The molecule has 7 heteroatoms. The van der Waals surface area contributed by atoms with E-state index in [1.807, 2.05) is 0 Å². The van der Waals surface area contributed by atoms with E-state index in [0.29, 0.717) is 5.56 Å². The predicted molar refractivity (Wildman–Crippen MR) is 67.8 cm³/mol. The summed E-state index contributed by atoms with van der Waals surface area (Å²) < 4.78 is 27.0. The molecule has 20 heavy (non-hydrogen) atoms. The highest BCUT2D eigenvalue weighted by Crippen LogP contribution is 2.12. The highest BCUT2D eigenvalue weighted by molar-refractivity contribution is 5.21. The molecule has 0 aliphatic rings. The van der Waals surface area contributed by atoms with Gasteiger partial charge in [0.2, 0.25) is 5.88 Å². The highest BCUT2D eigenvalue weighted by Gasteiger charge is 2.10. The second-order valence-electron chi connectivity index (χ2n) is 4.39. The van der Waals surface area contributed by atoms with Gasteiger partial charge in [0.25, 0.3) is 5.56 Å². The molecule has 0 aliphatic heterocycles. The maximum atomic E-state index is 13.0. The van der Waals surface area contributed by atoms with E-state index in [1.54, 1.807) is 0 Å². The van der Waals surface area contributed by atoms with Crippen LogP contribution in [-0.2, 0) is 13.0 Å². The van der Waals surface area contributed by atoms with Crippen LogP contribution in [0.15, 0.2) is 27.8 Å². The summed E-state index contributed by atoms with van der Waals surface area (Å²) in [7, 11) is 0. The third-order valence-corrected chi connectivity index (χ3v) is 2.94. The number of benzene rings is 1. The smallest absolute Gasteiger partial charge is 0.331 e. The molecule has 1 heterocycles. The molecule has 0 amide bonds. The number of aromatic amines is 1.